The van der Waals surface area contributed by atoms with Crippen LogP contribution in [0.25, 0.3) is 0 Å². The quantitative estimate of drug-likeness (QED) is 0.402. The summed E-state index contributed by atoms with van der Waals surface area (Å²) in [6, 6.07) is 15.6. The topological polar surface area (TPSA) is 115 Å². The summed E-state index contributed by atoms with van der Waals surface area (Å²) in [6.45, 7) is 2.73. The number of aromatic nitrogens is 1. The van der Waals surface area contributed by atoms with E-state index in [0.29, 0.717) is 11.3 Å². The molecule has 1 heterocycles. The zero-order chi connectivity index (χ0) is 24.0. The van der Waals surface area contributed by atoms with Gasteiger partial charge in [0.25, 0.3) is 0 Å². The third-order valence-corrected chi connectivity index (χ3v) is 5.07. The molecule has 0 saturated carbocycles. The van der Waals surface area contributed by atoms with Gasteiger partial charge in [0.2, 0.25) is 11.7 Å². The molecule has 0 atom stereocenters. The van der Waals surface area contributed by atoms with Gasteiger partial charge in [-0.05, 0) is 37.1 Å². The number of ether oxygens (including phenoxy) is 2. The molecule has 1 aromatic heterocycles. The number of ketones is 1. The smallest absolute Gasteiger partial charge is 0.340 e. The maximum atomic E-state index is 12.6. The number of H-pyrrole nitrogens is 1. The van der Waals surface area contributed by atoms with Crippen molar-refractivity contribution < 1.29 is 28.7 Å². The molecule has 3 aromatic rings. The molecule has 0 aliphatic heterocycles. The maximum absolute atomic E-state index is 12.6. The fourth-order valence-electron chi connectivity index (χ4n) is 3.46. The van der Waals surface area contributed by atoms with Crippen molar-refractivity contribution in [1.29, 1.82) is 0 Å². The first-order chi connectivity index (χ1) is 15.8. The molecule has 0 bridgehead atoms. The lowest BCUT2D eigenvalue weighted by molar-refractivity contribution is -0.115. The highest BCUT2D eigenvalue weighted by atomic mass is 16.5. The van der Waals surface area contributed by atoms with Crippen LogP contribution >= 0.6 is 0 Å². The maximum Gasteiger partial charge on any atom is 0.340 e. The molecule has 3 rings (SSSR count). The van der Waals surface area contributed by atoms with Gasteiger partial charge in [0.05, 0.1) is 36.0 Å². The normalized spacial score (nSPS) is 10.4. The van der Waals surface area contributed by atoms with Crippen molar-refractivity contribution in [2.75, 3.05) is 19.0 Å². The summed E-state index contributed by atoms with van der Waals surface area (Å²) in [5.74, 6) is -2.10. The number of rotatable bonds is 8. The van der Waals surface area contributed by atoms with Crippen molar-refractivity contribution in [1.82, 2.24) is 4.98 Å². The van der Waals surface area contributed by atoms with E-state index in [1.807, 2.05) is 30.3 Å². The second kappa shape index (κ2) is 10.4. The Morgan fingerprint density at radius 3 is 2.27 bits per heavy atom. The number of esters is 2. The van der Waals surface area contributed by atoms with Crippen LogP contribution in [0.15, 0.2) is 54.6 Å². The average molecular weight is 448 g/mol. The fraction of sp³-hybridized carbons (Fsp3) is 0.200. The summed E-state index contributed by atoms with van der Waals surface area (Å²) in [6.07, 6.45) is 0.149. The zero-order valence-corrected chi connectivity index (χ0v) is 18.6. The van der Waals surface area contributed by atoms with Crippen LogP contribution in [0.4, 0.5) is 5.69 Å². The molecule has 0 aliphatic rings. The van der Waals surface area contributed by atoms with Gasteiger partial charge in [-0.15, -0.1) is 0 Å². The van der Waals surface area contributed by atoms with E-state index in [-0.39, 0.29) is 34.8 Å². The van der Waals surface area contributed by atoms with Crippen LogP contribution in [0.5, 0.6) is 0 Å². The number of hydrogen-bond donors (Lipinski definition) is 2. The number of carbonyl (C=O) groups is 4. The van der Waals surface area contributed by atoms with Gasteiger partial charge in [0.1, 0.15) is 0 Å². The predicted molar refractivity (Wildman–Crippen MR) is 121 cm³/mol. The van der Waals surface area contributed by atoms with E-state index < -0.39 is 24.3 Å². The van der Waals surface area contributed by atoms with E-state index in [1.165, 1.54) is 13.2 Å². The number of methoxy groups -OCH3 is 1. The van der Waals surface area contributed by atoms with Crippen molar-refractivity contribution >= 4 is 29.3 Å². The summed E-state index contributed by atoms with van der Waals surface area (Å²) in [5, 5.41) is 2.72. The molecule has 0 radical (unpaired) electrons. The summed E-state index contributed by atoms with van der Waals surface area (Å²) in [4.78, 5) is 52.4. The fourth-order valence-corrected chi connectivity index (χ4v) is 3.46. The van der Waals surface area contributed by atoms with E-state index in [0.717, 1.165) is 5.56 Å². The second-order valence-electron chi connectivity index (χ2n) is 7.37. The third kappa shape index (κ3) is 5.54. The van der Waals surface area contributed by atoms with Crippen LogP contribution in [0, 0.1) is 13.8 Å². The number of carbonyl (C=O) groups excluding carboxylic acids is 4. The Morgan fingerprint density at radius 1 is 0.909 bits per heavy atom. The number of amides is 1. The van der Waals surface area contributed by atoms with Crippen LogP contribution in [0.2, 0.25) is 0 Å². The lowest BCUT2D eigenvalue weighted by Gasteiger charge is -2.11. The van der Waals surface area contributed by atoms with Gasteiger partial charge in [-0.3, -0.25) is 9.59 Å². The predicted octanol–water partition coefficient (Wildman–Crippen LogP) is 3.64. The number of Topliss-reactive ketones (excluding diaryl/α,β-unsaturated/α-hetero) is 1. The molecule has 2 aromatic carbocycles. The van der Waals surface area contributed by atoms with Crippen molar-refractivity contribution in [3.8, 4) is 0 Å². The Kier molecular flexibility index (Phi) is 7.40. The van der Waals surface area contributed by atoms with Crippen LogP contribution in [-0.2, 0) is 20.7 Å². The minimum Gasteiger partial charge on any atom is -0.465 e. The Hall–Kier alpha value is -4.20. The Labute approximate surface area is 190 Å². The van der Waals surface area contributed by atoms with E-state index in [2.05, 4.69) is 10.3 Å². The molecular formula is C25H24N2O6. The molecule has 1 amide bonds. The number of para-hydroxylation sites is 1. The number of anilines is 1. The first-order valence-electron chi connectivity index (χ1n) is 10.2. The second-order valence-corrected chi connectivity index (χ2v) is 7.37. The monoisotopic (exact) mass is 448 g/mol. The van der Waals surface area contributed by atoms with Gasteiger partial charge in [-0.25, -0.2) is 9.59 Å². The highest BCUT2D eigenvalue weighted by molar-refractivity contribution is 6.05. The van der Waals surface area contributed by atoms with Gasteiger partial charge >= 0.3 is 11.9 Å². The summed E-state index contributed by atoms with van der Waals surface area (Å²) < 4.78 is 9.94. The Bertz CT molecular complexity index is 1200. The molecule has 0 aliphatic carbocycles. The first kappa shape index (κ1) is 23.5. The molecule has 0 saturated heterocycles. The van der Waals surface area contributed by atoms with Crippen molar-refractivity contribution in [2.45, 2.75) is 20.3 Å². The van der Waals surface area contributed by atoms with Gasteiger partial charge in [0, 0.05) is 5.69 Å². The van der Waals surface area contributed by atoms with Gasteiger partial charge in [0.15, 0.2) is 6.61 Å². The third-order valence-electron chi connectivity index (χ3n) is 5.07. The number of nitrogens with one attached hydrogen (secondary N) is 2. The molecule has 0 spiro atoms. The Morgan fingerprint density at radius 2 is 1.58 bits per heavy atom. The largest absolute Gasteiger partial charge is 0.465 e. The van der Waals surface area contributed by atoms with Crippen molar-refractivity contribution in [2.24, 2.45) is 0 Å². The van der Waals surface area contributed by atoms with Crippen LogP contribution in [-0.4, -0.2) is 42.3 Å². The first-order valence-corrected chi connectivity index (χ1v) is 10.2. The summed E-state index contributed by atoms with van der Waals surface area (Å²) in [5.41, 5.74) is 2.61. The molecule has 0 fully saturated rings. The van der Waals surface area contributed by atoms with E-state index in [9.17, 15) is 19.2 Å². The zero-order valence-electron chi connectivity index (χ0n) is 18.6. The number of hydrogen-bond acceptors (Lipinski definition) is 6. The van der Waals surface area contributed by atoms with E-state index >= 15 is 0 Å². The standard InChI is InChI=1S/C25H24N2O6/c1-15-22(25(31)32-3)16(2)26-23(15)20(28)14-33-24(30)18-11-7-8-12-19(18)27-21(29)13-17-9-5-4-6-10-17/h4-12,26H,13-14H2,1-3H3,(H,27,29). The molecule has 0 unspecified atom stereocenters. The molecular weight excluding hydrogens is 424 g/mol. The van der Waals surface area contributed by atoms with E-state index in [4.69, 9.17) is 9.47 Å². The Balaban J connectivity index is 1.67. The molecule has 8 heteroatoms. The number of aryl methyl sites for hydroxylation is 1. The van der Waals surface area contributed by atoms with E-state index in [1.54, 1.807) is 32.0 Å². The average Bonchev–Trinajstić information content (AvgIpc) is 3.11. The van der Waals surface area contributed by atoms with Crippen LogP contribution in [0.1, 0.15) is 48.0 Å². The SMILES string of the molecule is COC(=O)c1c(C)[nH]c(C(=O)COC(=O)c2ccccc2NC(=O)Cc2ccccc2)c1C. The van der Waals surface area contributed by atoms with Crippen molar-refractivity contribution in [3.05, 3.63) is 88.2 Å². The lowest BCUT2D eigenvalue weighted by atomic mass is 10.1. The molecule has 2 N–H and O–H groups in total. The van der Waals surface area contributed by atoms with Gasteiger partial charge < -0.3 is 19.8 Å². The lowest BCUT2D eigenvalue weighted by Crippen LogP contribution is -2.19. The minimum atomic E-state index is -0.756. The van der Waals surface area contributed by atoms with Gasteiger partial charge in [-0.1, -0.05) is 42.5 Å². The highest BCUT2D eigenvalue weighted by Gasteiger charge is 2.24. The van der Waals surface area contributed by atoms with Crippen molar-refractivity contribution in [3.63, 3.8) is 0 Å². The molecule has 8 nitrogen and oxygen atoms in total. The van der Waals surface area contributed by atoms with Crippen LogP contribution < -0.4 is 5.32 Å². The molecule has 170 valence electrons. The minimum absolute atomic E-state index is 0.126. The van der Waals surface area contributed by atoms with Crippen LogP contribution in [0.3, 0.4) is 0 Å². The molecule has 33 heavy (non-hydrogen) atoms. The highest BCUT2D eigenvalue weighted by Crippen LogP contribution is 2.20. The summed E-state index contributed by atoms with van der Waals surface area (Å²) >= 11 is 0. The van der Waals surface area contributed by atoms with Gasteiger partial charge in [-0.2, -0.15) is 0 Å². The summed E-state index contributed by atoms with van der Waals surface area (Å²) in [7, 11) is 1.26. The number of benzene rings is 2. The number of aromatic amines is 1.